The third kappa shape index (κ3) is 33.4. The highest BCUT2D eigenvalue weighted by molar-refractivity contribution is 9.11. The Balaban J connectivity index is 0.000000169. The maximum absolute atomic E-state index is 10.1. The van der Waals surface area contributed by atoms with E-state index in [1.54, 1.807) is 50.6 Å². The van der Waals surface area contributed by atoms with Gasteiger partial charge < -0.3 is 85.2 Å². The van der Waals surface area contributed by atoms with Gasteiger partial charge in [0.15, 0.2) is 28.2 Å². The Bertz CT molecular complexity index is 6520. The number of nitrogens with zero attached hydrogens (tertiary/aromatic N) is 8. The van der Waals surface area contributed by atoms with E-state index in [2.05, 4.69) is 206 Å². The van der Waals surface area contributed by atoms with Crippen LogP contribution in [0.4, 0.5) is 0 Å². The number of methoxy groups -OCH3 is 2. The molecule has 15 aromatic rings. The van der Waals surface area contributed by atoms with E-state index in [9.17, 15) is 4.79 Å². The Morgan fingerprint density at radius 2 is 0.562 bits per heavy atom. The Morgan fingerprint density at radius 1 is 0.340 bits per heavy atom. The Morgan fingerprint density at radius 3 is 0.785 bits per heavy atom. The summed E-state index contributed by atoms with van der Waals surface area (Å²) in [7, 11) is 2.19. The third-order valence-electron chi connectivity index (χ3n) is 23.5. The van der Waals surface area contributed by atoms with Crippen LogP contribution in [0.1, 0.15) is 181 Å². The Kier molecular flexibility index (Phi) is 42.1. The molecule has 0 amide bonds. The van der Waals surface area contributed by atoms with Crippen LogP contribution < -0.4 is 16.4 Å². The Hall–Kier alpha value is -10.2. The van der Waals surface area contributed by atoms with Crippen molar-refractivity contribution in [2.45, 2.75) is 195 Å². The number of aliphatic hydroxyl groups excluding tert-OH is 2. The van der Waals surface area contributed by atoms with Crippen molar-refractivity contribution in [3.05, 3.63) is 333 Å². The van der Waals surface area contributed by atoms with E-state index in [4.69, 9.17) is 96.8 Å². The number of hydrogen-bond acceptors (Lipinski definition) is 27. The molecule has 0 spiro atoms. The van der Waals surface area contributed by atoms with Crippen LogP contribution >= 0.6 is 107 Å². The van der Waals surface area contributed by atoms with E-state index in [0.717, 1.165) is 134 Å². The molecule has 9 aromatic carbocycles. The summed E-state index contributed by atoms with van der Waals surface area (Å²) in [4.78, 5) is 10.1. The molecule has 0 saturated carbocycles. The molecule has 0 atom stereocenters. The van der Waals surface area contributed by atoms with Crippen molar-refractivity contribution in [1.82, 2.24) is 30.9 Å². The van der Waals surface area contributed by atoms with Gasteiger partial charge in [0.05, 0.1) is 39.8 Å². The maximum Gasteiger partial charge on any atom is 0.494 e. The van der Waals surface area contributed by atoms with Gasteiger partial charge in [0.25, 0.3) is 0 Å². The maximum atomic E-state index is 10.1. The minimum Gasteiger partial charge on any atom is -0.411 e. The van der Waals surface area contributed by atoms with Crippen molar-refractivity contribution < 1.29 is 90.0 Å². The van der Waals surface area contributed by atoms with E-state index in [1.165, 1.54) is 6.21 Å². The van der Waals surface area contributed by atoms with E-state index < -0.39 is 0 Å². The molecule has 6 aromatic heterocycles. The third-order valence-corrected chi connectivity index (χ3v) is 27.0. The van der Waals surface area contributed by atoms with Gasteiger partial charge in [0.2, 0.25) is 0 Å². The molecule has 0 bridgehead atoms. The number of aliphatic hydroxyl groups is 2. The van der Waals surface area contributed by atoms with Crippen molar-refractivity contribution in [2.75, 3.05) is 14.2 Å². The zero-order valence-electron chi connectivity index (χ0n) is 83.6. The fourth-order valence-electron chi connectivity index (χ4n) is 12.9. The lowest BCUT2D eigenvalue weighted by Crippen LogP contribution is -2.41. The number of carbonyl (C=O) groups is 1. The molecule has 0 unspecified atom stereocenters. The van der Waals surface area contributed by atoms with Crippen LogP contribution in [0.25, 0.3) is 67.5 Å². The summed E-state index contributed by atoms with van der Waals surface area (Å²) in [6, 6.07) is 80.7. The highest BCUT2D eigenvalue weighted by atomic mass is 79.9. The SMILES string of the molecule is CC(C)(C)c1cc(-c2ccc(B3OC(C)(C)C(C)(C)O3)cc2)no1.CC(C)(C)c1cc(-c2ccc(Br)cc2)no1.CC1(C)OB(c2ccc(-c3cc(CO)on3)cc2)OC1(C)C.COCc1cc(-c2ccc(B3OC(C)(C)C(C)(C)O3)cc2)no1.COCc1cc(-c2ccc(Br)cc2)no1.O/N=C(\Cl)c1ccc(Br)cc1.O/N=C/c1ccc(Br)cc1.O=Cc1ccc(Br)cc1.OCc1cc(-c2ccc(Br)cc2)no1. The van der Waals surface area contributed by atoms with Gasteiger partial charge in [-0.2, -0.15) is 0 Å². The molecular weight excluding hydrogens is 2250 g/mol. The van der Waals surface area contributed by atoms with Crippen LogP contribution in [-0.4, -0.2) is 138 Å². The molecular formula is C107H116B3Br6ClN8O19. The number of aldehydes is 1. The van der Waals surface area contributed by atoms with E-state index in [-0.39, 0.29) is 84.2 Å². The first-order chi connectivity index (χ1) is 68.1. The van der Waals surface area contributed by atoms with Crippen molar-refractivity contribution in [1.29, 1.82) is 0 Å². The number of rotatable bonds is 18. The molecule has 3 fully saturated rings. The van der Waals surface area contributed by atoms with Crippen LogP contribution in [0.2, 0.25) is 0 Å². The number of hydrogen-bond donors (Lipinski definition) is 4. The zero-order chi connectivity index (χ0) is 105. The first-order valence-corrected chi connectivity index (χ1v) is 50.6. The molecule has 144 heavy (non-hydrogen) atoms. The number of ether oxygens (including phenoxy) is 2. The predicted octanol–water partition coefficient (Wildman–Crippen LogP) is 26.4. The van der Waals surface area contributed by atoms with Crippen molar-refractivity contribution in [3.63, 3.8) is 0 Å². The number of halogens is 7. The largest absolute Gasteiger partial charge is 0.494 e. The number of carbonyl (C=O) groups excluding carboxylic acids is 1. The molecule has 0 radical (unpaired) electrons. The van der Waals surface area contributed by atoms with Gasteiger partial charge in [-0.15, -0.1) is 0 Å². The lowest BCUT2D eigenvalue weighted by atomic mass is 9.79. The number of aromatic nitrogens is 6. The van der Waals surface area contributed by atoms with Crippen LogP contribution in [0.3, 0.4) is 0 Å². The van der Waals surface area contributed by atoms with Gasteiger partial charge in [0.1, 0.15) is 78.4 Å². The van der Waals surface area contributed by atoms with Crippen LogP contribution in [-0.2, 0) is 74.7 Å². The van der Waals surface area contributed by atoms with E-state index >= 15 is 0 Å². The summed E-state index contributed by atoms with van der Waals surface area (Å²) in [6.45, 7) is 37.8. The summed E-state index contributed by atoms with van der Waals surface area (Å²) in [6.07, 6.45) is 2.21. The minimum atomic E-state index is -0.371. The molecule has 27 nitrogen and oxygen atoms in total. The standard InChI is InChI=1S/C19H26BNO3.C17H22BNO4.C16H20BNO4.C13H14BrNO.C11H10BrNO2.C10H8BrNO2.C7H5BrClNO.C7H6BrNO.C7H5BrO/c1-17(2,3)16-12-15(21-22-16)13-8-10-14(11-9-13)20-23-18(4,5)19(6,7)24-20;1-16(2)17(3,4)23-18(22-16)13-8-6-12(7-9-13)15-10-14(11-20-5)21-19-15;1-15(2)16(3,4)22-17(21-15)12-7-5-11(6-8-12)14-9-13(10-19)20-18-14;1-13(2,3)12-8-11(15-16-12)9-4-6-10(14)7-5-9;1-14-7-10-6-11(13-15-10)8-2-4-9(12)5-3-8;11-8-3-1-7(2-4-8)10-5-9(6-13)14-12-10;8-6-3-1-5(2-4-6)7(9)10-11;8-7-3-1-6(2-4-7)5-9-10;8-7-3-1-6(5-9)2-4-7/h8-12H,1-7H3;6-10H,11H2,1-5H3;5-9,19H,10H2,1-4H3;4-8H,1-3H3;2-6H,7H2,1H3;1-5,13H,6H2;1-4,11H;1-5,10H;1-5H/b;;;;;;10-7-;9-5+;. The van der Waals surface area contributed by atoms with Crippen molar-refractivity contribution >= 4 is 163 Å². The summed E-state index contributed by atoms with van der Waals surface area (Å²) in [5.74, 6) is 4.15. The normalized spacial score (nSPS) is 15.0. The molecule has 37 heteroatoms. The first-order valence-electron chi connectivity index (χ1n) is 45.5. The van der Waals surface area contributed by atoms with Crippen molar-refractivity contribution in [3.8, 4) is 67.5 Å². The molecule has 4 N–H and O–H groups in total. The highest BCUT2D eigenvalue weighted by Crippen LogP contribution is 2.41. The summed E-state index contributed by atoms with van der Waals surface area (Å²) in [5.41, 5.74) is 14.0. The van der Waals surface area contributed by atoms with Gasteiger partial charge in [-0.1, -0.05) is 336 Å². The van der Waals surface area contributed by atoms with Gasteiger partial charge in [-0.3, -0.25) is 4.79 Å². The van der Waals surface area contributed by atoms with Gasteiger partial charge >= 0.3 is 21.4 Å². The number of oxime groups is 2. The monoisotopic (exact) mass is 2360 g/mol. The molecule has 3 saturated heterocycles. The minimum absolute atomic E-state index is 0.000609. The summed E-state index contributed by atoms with van der Waals surface area (Å²) >= 11 is 25.5. The average Bonchev–Trinajstić information content (AvgIpc) is 1.63. The van der Waals surface area contributed by atoms with E-state index in [0.29, 0.717) is 47.3 Å². The average molecular weight is 2370 g/mol. The van der Waals surface area contributed by atoms with Crippen LogP contribution in [0.5, 0.6) is 0 Å². The highest BCUT2D eigenvalue weighted by Gasteiger charge is 2.54. The van der Waals surface area contributed by atoms with E-state index in [1.807, 2.05) is 274 Å². The summed E-state index contributed by atoms with van der Waals surface area (Å²) in [5, 5.41) is 64.2. The quantitative estimate of drug-likeness (QED) is 0.0204. The predicted molar refractivity (Wildman–Crippen MR) is 584 cm³/mol. The molecule has 0 aliphatic carbocycles. The lowest BCUT2D eigenvalue weighted by Gasteiger charge is -2.32. The second kappa shape index (κ2) is 52.4. The second-order valence-corrected chi connectivity index (χ2v) is 43.9. The second-order valence-electron chi connectivity index (χ2n) is 38.1. The zero-order valence-corrected chi connectivity index (χ0v) is 93.9. The molecule has 3 aliphatic heterocycles. The fraction of sp³-hybridized carbons (Fsp3) is 0.299. The molecule has 9 heterocycles. The first kappa shape index (κ1) is 116. The smallest absolute Gasteiger partial charge is 0.411 e. The van der Waals surface area contributed by atoms with Gasteiger partial charge in [0, 0.05) is 133 Å². The van der Waals surface area contributed by atoms with Crippen LogP contribution in [0, 0.1) is 0 Å². The molecule has 756 valence electrons. The lowest BCUT2D eigenvalue weighted by molar-refractivity contribution is 0.00578. The Labute approximate surface area is 896 Å². The van der Waals surface area contributed by atoms with Crippen LogP contribution in [0.15, 0.2) is 319 Å². The van der Waals surface area contributed by atoms with Crippen molar-refractivity contribution in [2.24, 2.45) is 10.3 Å². The van der Waals surface area contributed by atoms with Gasteiger partial charge in [-0.25, -0.2) is 0 Å². The fourth-order valence-corrected chi connectivity index (χ4v) is 14.6. The van der Waals surface area contributed by atoms with Gasteiger partial charge in [-0.05, 0) is 178 Å². The summed E-state index contributed by atoms with van der Waals surface area (Å²) < 4.78 is 83.5. The number of benzene rings is 9. The molecule has 18 rings (SSSR count). The molecule has 3 aliphatic rings. The topological polar surface area (TPSA) is 353 Å².